The Balaban J connectivity index is 1.93. The van der Waals surface area contributed by atoms with Crippen LogP contribution in [-0.2, 0) is 6.42 Å². The lowest BCUT2D eigenvalue weighted by Gasteiger charge is -2.10. The van der Waals surface area contributed by atoms with Gasteiger partial charge in [0.15, 0.2) is 0 Å². The number of rotatable bonds is 5. The van der Waals surface area contributed by atoms with Gasteiger partial charge in [-0.3, -0.25) is 0 Å². The number of aliphatic hydroxyl groups excluding tert-OH is 1. The maximum Gasteiger partial charge on any atom is 0.118 e. The molecule has 0 aliphatic heterocycles. The number of hydrogen-bond acceptors (Lipinski definition) is 3. The minimum absolute atomic E-state index is 0.355. The third kappa shape index (κ3) is 3.12. The molecule has 1 atom stereocenters. The Bertz CT molecular complexity index is 487. The topological polar surface area (TPSA) is 29.5 Å². The Kier molecular flexibility index (Phi) is 4.39. The van der Waals surface area contributed by atoms with E-state index >= 15 is 0 Å². The Labute approximate surface area is 112 Å². The van der Waals surface area contributed by atoms with Crippen LogP contribution in [0.1, 0.15) is 28.5 Å². The molecule has 0 fully saturated rings. The molecular weight excluding hydrogens is 244 g/mol. The second kappa shape index (κ2) is 6.03. The molecule has 1 unspecified atom stereocenters. The summed E-state index contributed by atoms with van der Waals surface area (Å²) in [6, 6.07) is 10.1. The van der Waals surface area contributed by atoms with Crippen molar-refractivity contribution >= 4 is 11.3 Å². The predicted molar refractivity (Wildman–Crippen MR) is 75.3 cm³/mol. The van der Waals surface area contributed by atoms with Crippen LogP contribution in [0, 0.1) is 6.92 Å². The summed E-state index contributed by atoms with van der Waals surface area (Å²) in [5, 5.41) is 12.2. The van der Waals surface area contributed by atoms with Gasteiger partial charge in [-0.05, 0) is 54.5 Å². The summed E-state index contributed by atoms with van der Waals surface area (Å²) in [4.78, 5) is 1.09. The van der Waals surface area contributed by atoms with E-state index < -0.39 is 0 Å². The fourth-order valence-electron chi connectivity index (χ4n) is 1.95. The summed E-state index contributed by atoms with van der Waals surface area (Å²) < 4.78 is 5.12. The zero-order chi connectivity index (χ0) is 13.0. The van der Waals surface area contributed by atoms with E-state index in [1.165, 1.54) is 11.1 Å². The molecule has 0 amide bonds. The highest BCUT2D eigenvalue weighted by molar-refractivity contribution is 7.10. The summed E-state index contributed by atoms with van der Waals surface area (Å²) >= 11 is 1.63. The minimum Gasteiger partial charge on any atom is -0.497 e. The molecule has 0 saturated carbocycles. The maximum atomic E-state index is 10.1. The molecule has 2 nitrogen and oxygen atoms in total. The Morgan fingerprint density at radius 3 is 2.50 bits per heavy atom. The first-order chi connectivity index (χ1) is 8.70. The van der Waals surface area contributed by atoms with Gasteiger partial charge in [-0.15, -0.1) is 11.3 Å². The van der Waals surface area contributed by atoms with Gasteiger partial charge in [0.25, 0.3) is 0 Å². The summed E-state index contributed by atoms with van der Waals surface area (Å²) in [5.41, 5.74) is 2.41. The highest BCUT2D eigenvalue weighted by atomic mass is 32.1. The van der Waals surface area contributed by atoms with Crippen LogP contribution >= 0.6 is 11.3 Å². The monoisotopic (exact) mass is 262 g/mol. The second-order valence-electron chi connectivity index (χ2n) is 4.37. The zero-order valence-corrected chi connectivity index (χ0v) is 11.5. The average Bonchev–Trinajstić information content (AvgIpc) is 2.83. The molecule has 0 saturated heterocycles. The van der Waals surface area contributed by atoms with Gasteiger partial charge in [0, 0.05) is 4.88 Å². The van der Waals surface area contributed by atoms with E-state index in [9.17, 15) is 5.11 Å². The van der Waals surface area contributed by atoms with Gasteiger partial charge in [-0.25, -0.2) is 0 Å². The van der Waals surface area contributed by atoms with Gasteiger partial charge in [0.05, 0.1) is 13.2 Å². The van der Waals surface area contributed by atoms with Crippen LogP contribution in [0.2, 0.25) is 0 Å². The lowest BCUT2D eigenvalue weighted by atomic mass is 10.0. The molecule has 2 rings (SSSR count). The number of benzene rings is 1. The number of hydrogen-bond donors (Lipinski definition) is 1. The first-order valence-electron chi connectivity index (χ1n) is 6.05. The zero-order valence-electron chi connectivity index (χ0n) is 10.7. The molecule has 0 spiro atoms. The Morgan fingerprint density at radius 1 is 1.22 bits per heavy atom. The number of thiophene rings is 1. The lowest BCUT2D eigenvalue weighted by Crippen LogP contribution is -1.99. The van der Waals surface area contributed by atoms with E-state index in [2.05, 4.69) is 6.07 Å². The van der Waals surface area contributed by atoms with Crippen molar-refractivity contribution in [2.24, 2.45) is 0 Å². The quantitative estimate of drug-likeness (QED) is 0.889. The normalized spacial score (nSPS) is 12.4. The average molecular weight is 262 g/mol. The molecule has 2 aromatic rings. The third-order valence-electron chi connectivity index (χ3n) is 3.07. The van der Waals surface area contributed by atoms with Gasteiger partial charge in [-0.1, -0.05) is 12.1 Å². The van der Waals surface area contributed by atoms with Crippen LogP contribution in [0.3, 0.4) is 0 Å². The first kappa shape index (κ1) is 13.1. The van der Waals surface area contributed by atoms with Crippen molar-refractivity contribution in [1.29, 1.82) is 0 Å². The fraction of sp³-hybridized carbons (Fsp3) is 0.333. The van der Waals surface area contributed by atoms with E-state index in [1.54, 1.807) is 18.4 Å². The van der Waals surface area contributed by atoms with Crippen molar-refractivity contribution in [1.82, 2.24) is 0 Å². The second-order valence-corrected chi connectivity index (χ2v) is 5.32. The molecule has 1 N–H and O–H groups in total. The van der Waals surface area contributed by atoms with Crippen molar-refractivity contribution in [3.05, 3.63) is 51.7 Å². The van der Waals surface area contributed by atoms with Gasteiger partial charge in [-0.2, -0.15) is 0 Å². The van der Waals surface area contributed by atoms with Crippen LogP contribution in [0.25, 0.3) is 0 Å². The summed E-state index contributed by atoms with van der Waals surface area (Å²) in [6.45, 7) is 2.04. The van der Waals surface area contributed by atoms with Crippen molar-refractivity contribution < 1.29 is 9.84 Å². The maximum absolute atomic E-state index is 10.1. The minimum atomic E-state index is -0.355. The SMILES string of the molecule is COc1ccc(CCC(O)c2sccc2C)cc1. The van der Waals surface area contributed by atoms with Crippen molar-refractivity contribution in [2.75, 3.05) is 7.11 Å². The largest absolute Gasteiger partial charge is 0.497 e. The molecule has 3 heteroatoms. The van der Waals surface area contributed by atoms with Crippen molar-refractivity contribution in [2.45, 2.75) is 25.9 Å². The number of ether oxygens (including phenoxy) is 1. The summed E-state index contributed by atoms with van der Waals surface area (Å²) in [6.07, 6.45) is 1.28. The van der Waals surface area contributed by atoms with Gasteiger partial charge in [0.1, 0.15) is 5.75 Å². The van der Waals surface area contributed by atoms with E-state index in [1.807, 2.05) is 36.6 Å². The van der Waals surface area contributed by atoms with E-state index in [0.717, 1.165) is 23.5 Å². The fourth-order valence-corrected chi connectivity index (χ4v) is 2.90. The van der Waals surface area contributed by atoms with E-state index in [4.69, 9.17) is 4.74 Å². The van der Waals surface area contributed by atoms with Crippen LogP contribution in [0.4, 0.5) is 0 Å². The Hall–Kier alpha value is -1.32. The van der Waals surface area contributed by atoms with Crippen LogP contribution in [0.15, 0.2) is 35.7 Å². The van der Waals surface area contributed by atoms with Crippen LogP contribution in [-0.4, -0.2) is 12.2 Å². The molecule has 1 aromatic carbocycles. The van der Waals surface area contributed by atoms with Gasteiger partial charge >= 0.3 is 0 Å². The number of methoxy groups -OCH3 is 1. The van der Waals surface area contributed by atoms with E-state index in [-0.39, 0.29) is 6.10 Å². The summed E-state index contributed by atoms with van der Waals surface area (Å²) in [5.74, 6) is 0.869. The molecule has 18 heavy (non-hydrogen) atoms. The van der Waals surface area contributed by atoms with Crippen molar-refractivity contribution in [3.8, 4) is 5.75 Å². The van der Waals surface area contributed by atoms with Gasteiger partial charge in [0.2, 0.25) is 0 Å². The molecule has 0 aliphatic rings. The molecule has 0 bridgehead atoms. The van der Waals surface area contributed by atoms with Crippen LogP contribution < -0.4 is 4.74 Å². The highest BCUT2D eigenvalue weighted by Gasteiger charge is 2.11. The third-order valence-corrected chi connectivity index (χ3v) is 4.19. The molecule has 0 aliphatic carbocycles. The van der Waals surface area contributed by atoms with Crippen LogP contribution in [0.5, 0.6) is 5.75 Å². The van der Waals surface area contributed by atoms with Gasteiger partial charge < -0.3 is 9.84 Å². The standard InChI is InChI=1S/C15H18O2S/c1-11-9-10-18-15(11)14(16)8-5-12-3-6-13(17-2)7-4-12/h3-4,6-7,9-10,14,16H,5,8H2,1-2H3. The first-order valence-corrected chi connectivity index (χ1v) is 6.93. The lowest BCUT2D eigenvalue weighted by molar-refractivity contribution is 0.171. The number of aliphatic hydroxyl groups is 1. The molecule has 1 aromatic heterocycles. The van der Waals surface area contributed by atoms with Crippen molar-refractivity contribution in [3.63, 3.8) is 0 Å². The van der Waals surface area contributed by atoms with E-state index in [0.29, 0.717) is 0 Å². The smallest absolute Gasteiger partial charge is 0.118 e. The Morgan fingerprint density at radius 2 is 1.94 bits per heavy atom. The summed E-state index contributed by atoms with van der Waals surface area (Å²) in [7, 11) is 1.67. The molecule has 0 radical (unpaired) electrons. The molecule has 1 heterocycles. The number of aryl methyl sites for hydroxylation is 2. The predicted octanol–water partition coefficient (Wildman–Crippen LogP) is 3.73. The highest BCUT2D eigenvalue weighted by Crippen LogP contribution is 2.27. The molecule has 96 valence electrons. The molecular formula is C15H18O2S.